The number of halogens is 7. The second kappa shape index (κ2) is 16.2. The Hall–Kier alpha value is -3.27. The number of benzene rings is 2. The van der Waals surface area contributed by atoms with Crippen molar-refractivity contribution in [2.75, 3.05) is 13.7 Å². The van der Waals surface area contributed by atoms with Gasteiger partial charge < -0.3 is 25.1 Å². The van der Waals surface area contributed by atoms with Gasteiger partial charge in [-0.2, -0.15) is 22.0 Å². The molecule has 49 heavy (non-hydrogen) atoms. The lowest BCUT2D eigenvalue weighted by Gasteiger charge is -2.37. The van der Waals surface area contributed by atoms with E-state index in [2.05, 4.69) is 10.6 Å². The standard InChI is InChI=1S/C32H40Cl2F5N3O6Si/c1-17(2)24(26(43)32(37,38)39)41-28(45)25(18-9-12-20(47-6)13-10-18)42-27(44)23(16-48-49(7,8)30(3,4)5)40-29(46)31(35,36)19-11-14-21(33)22(34)15-19/h9-15,17,23-25H,16H2,1-8H3,(H,40,46)(H,41,45)(H,42,44)/t23-,24-,25-/m0/s1. The first-order chi connectivity index (χ1) is 22.3. The highest BCUT2D eigenvalue weighted by Gasteiger charge is 2.47. The third-order valence-electron chi connectivity index (χ3n) is 8.13. The number of ketones is 1. The van der Waals surface area contributed by atoms with E-state index < -0.39 is 85.2 Å². The van der Waals surface area contributed by atoms with E-state index in [1.165, 1.54) is 45.2 Å². The topological polar surface area (TPSA) is 123 Å². The minimum absolute atomic E-state index is 0.0325. The summed E-state index contributed by atoms with van der Waals surface area (Å²) in [5.41, 5.74) is -0.793. The van der Waals surface area contributed by atoms with Gasteiger partial charge in [0.15, 0.2) is 8.32 Å². The van der Waals surface area contributed by atoms with Gasteiger partial charge in [0, 0.05) is 5.56 Å². The van der Waals surface area contributed by atoms with E-state index in [0.29, 0.717) is 5.75 Å². The number of rotatable bonds is 14. The molecule has 2 rings (SSSR count). The van der Waals surface area contributed by atoms with Crippen LogP contribution in [0.2, 0.25) is 28.2 Å². The Balaban J connectivity index is 2.55. The predicted octanol–water partition coefficient (Wildman–Crippen LogP) is 6.73. The number of methoxy groups -OCH3 is 1. The van der Waals surface area contributed by atoms with Gasteiger partial charge in [0.25, 0.3) is 11.7 Å². The summed E-state index contributed by atoms with van der Waals surface area (Å²) in [4.78, 5) is 52.6. The maximum atomic E-state index is 15.4. The van der Waals surface area contributed by atoms with Crippen LogP contribution in [0.25, 0.3) is 0 Å². The first-order valence-corrected chi connectivity index (χ1v) is 18.6. The molecule has 0 spiro atoms. The highest BCUT2D eigenvalue weighted by Crippen LogP contribution is 2.37. The van der Waals surface area contributed by atoms with Crippen LogP contribution in [-0.4, -0.2) is 63.8 Å². The number of amides is 3. The van der Waals surface area contributed by atoms with Crippen LogP contribution >= 0.6 is 23.2 Å². The Kier molecular flexibility index (Phi) is 13.8. The second-order valence-corrected chi connectivity index (χ2v) is 18.7. The zero-order valence-electron chi connectivity index (χ0n) is 28.2. The summed E-state index contributed by atoms with van der Waals surface area (Å²) in [6.45, 7) is 11.2. The normalized spacial score (nSPS) is 14.4. The van der Waals surface area contributed by atoms with Crippen molar-refractivity contribution >= 4 is 55.0 Å². The second-order valence-electron chi connectivity index (χ2n) is 13.1. The molecule has 0 aliphatic heterocycles. The molecule has 2 aromatic carbocycles. The van der Waals surface area contributed by atoms with Gasteiger partial charge in [-0.25, -0.2) is 0 Å². The van der Waals surface area contributed by atoms with Crippen LogP contribution in [-0.2, 0) is 29.5 Å². The molecule has 272 valence electrons. The van der Waals surface area contributed by atoms with Crippen LogP contribution in [0.3, 0.4) is 0 Å². The lowest BCUT2D eigenvalue weighted by atomic mass is 9.97. The van der Waals surface area contributed by atoms with E-state index in [1.54, 1.807) is 0 Å². The molecule has 9 nitrogen and oxygen atoms in total. The molecule has 3 N–H and O–H groups in total. The Morgan fingerprint density at radius 2 is 1.41 bits per heavy atom. The molecule has 0 saturated heterocycles. The zero-order valence-corrected chi connectivity index (χ0v) is 30.7. The summed E-state index contributed by atoms with van der Waals surface area (Å²) >= 11 is 11.7. The highest BCUT2D eigenvalue weighted by molar-refractivity contribution is 6.74. The molecular weight excluding hydrogens is 716 g/mol. The Morgan fingerprint density at radius 3 is 1.88 bits per heavy atom. The van der Waals surface area contributed by atoms with Crippen LogP contribution in [0.4, 0.5) is 22.0 Å². The molecule has 3 amide bonds. The minimum atomic E-state index is -5.28. The summed E-state index contributed by atoms with van der Waals surface area (Å²) in [5.74, 6) is -11.4. The molecule has 0 fully saturated rings. The largest absolute Gasteiger partial charge is 0.497 e. The quantitative estimate of drug-likeness (QED) is 0.145. The van der Waals surface area contributed by atoms with Gasteiger partial charge in [0.05, 0.1) is 29.8 Å². The van der Waals surface area contributed by atoms with Gasteiger partial charge in [0.2, 0.25) is 11.8 Å². The molecule has 0 aromatic heterocycles. The Bertz CT molecular complexity index is 1520. The maximum Gasteiger partial charge on any atom is 0.452 e. The Labute approximate surface area is 292 Å². The van der Waals surface area contributed by atoms with Gasteiger partial charge in [-0.15, -0.1) is 0 Å². The van der Waals surface area contributed by atoms with E-state index in [0.717, 1.165) is 18.2 Å². The van der Waals surface area contributed by atoms with Crippen LogP contribution < -0.4 is 20.7 Å². The lowest BCUT2D eigenvalue weighted by Crippen LogP contribution is -2.57. The van der Waals surface area contributed by atoms with Crippen molar-refractivity contribution in [3.8, 4) is 5.75 Å². The van der Waals surface area contributed by atoms with Crippen molar-refractivity contribution in [2.45, 2.75) is 83.0 Å². The molecule has 0 aliphatic carbocycles. The van der Waals surface area contributed by atoms with Crippen LogP contribution in [0.15, 0.2) is 42.5 Å². The number of ether oxygens (including phenoxy) is 1. The van der Waals surface area contributed by atoms with E-state index in [9.17, 15) is 32.3 Å². The van der Waals surface area contributed by atoms with Crippen molar-refractivity contribution < 1.29 is 50.3 Å². The van der Waals surface area contributed by atoms with E-state index in [1.807, 2.05) is 39.2 Å². The number of nitrogens with one attached hydrogen (secondary N) is 3. The third-order valence-corrected chi connectivity index (χ3v) is 13.4. The lowest BCUT2D eigenvalue weighted by molar-refractivity contribution is -0.175. The minimum Gasteiger partial charge on any atom is -0.497 e. The number of alkyl halides is 5. The molecule has 2 aromatic rings. The fraction of sp³-hybridized carbons (Fsp3) is 0.500. The molecule has 3 atom stereocenters. The third kappa shape index (κ3) is 10.9. The van der Waals surface area contributed by atoms with Crippen molar-refractivity contribution in [1.82, 2.24) is 16.0 Å². The van der Waals surface area contributed by atoms with Gasteiger partial charge in [-0.1, -0.05) is 76.0 Å². The van der Waals surface area contributed by atoms with Gasteiger partial charge in [-0.05, 0) is 53.9 Å². The number of carbonyl (C=O) groups is 4. The smallest absolute Gasteiger partial charge is 0.452 e. The SMILES string of the molecule is COc1ccc([C@H](NC(=O)[C@H](CO[Si](C)(C)C(C)(C)C)NC(=O)C(F)(F)c2ccc(Cl)c(Cl)c2)C(=O)N[C@H](C(=O)C(F)(F)F)C(C)C)cc1. The van der Waals surface area contributed by atoms with E-state index >= 15 is 8.78 Å². The molecular formula is C32H40Cl2F5N3O6Si. The number of hydrogen-bond donors (Lipinski definition) is 3. The van der Waals surface area contributed by atoms with Gasteiger partial charge in [-0.3, -0.25) is 19.2 Å². The fourth-order valence-corrected chi connectivity index (χ4v) is 5.36. The summed E-state index contributed by atoms with van der Waals surface area (Å²) in [6.07, 6.45) is -5.28. The number of carbonyl (C=O) groups excluding carboxylic acids is 4. The van der Waals surface area contributed by atoms with Crippen molar-refractivity contribution in [3.63, 3.8) is 0 Å². The first kappa shape index (κ1) is 41.9. The molecule has 0 heterocycles. The van der Waals surface area contributed by atoms with E-state index in [-0.39, 0.29) is 15.6 Å². The summed E-state index contributed by atoms with van der Waals surface area (Å²) in [7, 11) is -1.32. The van der Waals surface area contributed by atoms with Crippen LogP contribution in [0.1, 0.15) is 51.8 Å². The molecule has 17 heteroatoms. The van der Waals surface area contributed by atoms with Gasteiger partial charge in [0.1, 0.15) is 17.8 Å². The fourth-order valence-electron chi connectivity index (χ4n) is 4.05. The molecule has 0 radical (unpaired) electrons. The van der Waals surface area contributed by atoms with Crippen molar-refractivity contribution in [3.05, 3.63) is 63.6 Å². The predicted molar refractivity (Wildman–Crippen MR) is 177 cm³/mol. The average molecular weight is 757 g/mol. The number of hydrogen-bond acceptors (Lipinski definition) is 6. The molecule has 0 saturated carbocycles. The first-order valence-electron chi connectivity index (χ1n) is 15.0. The maximum absolute atomic E-state index is 15.4. The molecule has 0 bridgehead atoms. The highest BCUT2D eigenvalue weighted by atomic mass is 35.5. The Morgan fingerprint density at radius 1 is 0.837 bits per heavy atom. The summed E-state index contributed by atoms with van der Waals surface area (Å²) in [6, 6.07) is 2.60. The van der Waals surface area contributed by atoms with Crippen molar-refractivity contribution in [2.24, 2.45) is 5.92 Å². The van der Waals surface area contributed by atoms with E-state index in [4.69, 9.17) is 32.4 Å². The summed E-state index contributed by atoms with van der Waals surface area (Å²) < 4.78 is 82.1. The zero-order chi connectivity index (χ0) is 37.7. The monoisotopic (exact) mass is 755 g/mol. The molecule has 0 unspecified atom stereocenters. The summed E-state index contributed by atoms with van der Waals surface area (Å²) in [5, 5.41) is 5.68. The van der Waals surface area contributed by atoms with Crippen molar-refractivity contribution in [1.29, 1.82) is 0 Å². The molecule has 0 aliphatic rings. The van der Waals surface area contributed by atoms with Crippen LogP contribution in [0, 0.1) is 5.92 Å². The average Bonchev–Trinajstić information content (AvgIpc) is 3.00. The van der Waals surface area contributed by atoms with Crippen LogP contribution in [0.5, 0.6) is 5.75 Å². The van der Waals surface area contributed by atoms with Gasteiger partial charge >= 0.3 is 12.1 Å². The number of Topliss-reactive ketones (excluding diaryl/α,β-unsaturated/α-hetero) is 1.